The van der Waals surface area contributed by atoms with Crippen LogP contribution in [0.15, 0.2) is 0 Å². The molecular weight excluding hydrogens is 260 g/mol. The molecule has 0 atom stereocenters. The topological polar surface area (TPSA) is 47.0 Å². The van der Waals surface area contributed by atoms with Gasteiger partial charge in [0.1, 0.15) is 16.6 Å². The van der Waals surface area contributed by atoms with Gasteiger partial charge in [-0.1, -0.05) is 0 Å². The third-order valence-electron chi connectivity index (χ3n) is 2.56. The number of alkyl halides is 2. The molecule has 102 valence electrons. The fourth-order valence-electron chi connectivity index (χ4n) is 1.49. The first kappa shape index (κ1) is 13.8. The van der Waals surface area contributed by atoms with E-state index in [0.717, 1.165) is 23.0 Å². The first-order valence-corrected chi connectivity index (χ1v) is 6.96. The lowest BCUT2D eigenvalue weighted by molar-refractivity contribution is 0.0186. The molecule has 1 fully saturated rings. The number of halogens is 2. The van der Waals surface area contributed by atoms with Gasteiger partial charge in [-0.15, -0.1) is 21.5 Å². The monoisotopic (exact) mass is 277 g/mol. The van der Waals surface area contributed by atoms with E-state index in [9.17, 15) is 8.78 Å². The number of aromatic nitrogens is 2. The number of hydrogen-bond acceptors (Lipinski definition) is 5. The average Bonchev–Trinajstić information content (AvgIpc) is 3.04. The highest BCUT2D eigenvalue weighted by atomic mass is 32.1. The van der Waals surface area contributed by atoms with Crippen LogP contribution in [0.5, 0.6) is 0 Å². The molecule has 1 aliphatic rings. The van der Waals surface area contributed by atoms with Gasteiger partial charge in [-0.3, -0.25) is 0 Å². The van der Waals surface area contributed by atoms with Gasteiger partial charge in [0.2, 0.25) is 0 Å². The highest BCUT2D eigenvalue weighted by Gasteiger charge is 2.19. The van der Waals surface area contributed by atoms with E-state index in [4.69, 9.17) is 4.74 Å². The van der Waals surface area contributed by atoms with Gasteiger partial charge in [0.15, 0.2) is 0 Å². The van der Waals surface area contributed by atoms with Gasteiger partial charge >= 0.3 is 0 Å². The molecule has 1 heterocycles. The molecule has 0 radical (unpaired) electrons. The van der Waals surface area contributed by atoms with Crippen LogP contribution in [0, 0.1) is 0 Å². The van der Waals surface area contributed by atoms with Gasteiger partial charge in [0, 0.05) is 25.4 Å². The van der Waals surface area contributed by atoms with Gasteiger partial charge in [0.05, 0.1) is 6.61 Å². The molecule has 2 rings (SSSR count). The summed E-state index contributed by atoms with van der Waals surface area (Å²) in [5, 5.41) is 13.3. The zero-order valence-corrected chi connectivity index (χ0v) is 10.9. The SMILES string of the molecule is FC(F)COCCc1nnc(CCNC2CC2)s1. The largest absolute Gasteiger partial charge is 0.375 e. The summed E-state index contributed by atoms with van der Waals surface area (Å²) in [4.78, 5) is 0. The molecule has 0 bridgehead atoms. The second-order valence-electron chi connectivity index (χ2n) is 4.28. The Labute approximate surface area is 109 Å². The van der Waals surface area contributed by atoms with Crippen LogP contribution in [0.3, 0.4) is 0 Å². The molecule has 18 heavy (non-hydrogen) atoms. The zero-order valence-electron chi connectivity index (χ0n) is 10.1. The summed E-state index contributed by atoms with van der Waals surface area (Å²) in [5.74, 6) is 0. The summed E-state index contributed by atoms with van der Waals surface area (Å²) >= 11 is 1.53. The summed E-state index contributed by atoms with van der Waals surface area (Å²) in [7, 11) is 0. The maximum absolute atomic E-state index is 11.8. The lowest BCUT2D eigenvalue weighted by Crippen LogP contribution is -2.19. The van der Waals surface area contributed by atoms with E-state index in [0.29, 0.717) is 12.5 Å². The molecule has 0 saturated heterocycles. The van der Waals surface area contributed by atoms with E-state index in [1.165, 1.54) is 24.2 Å². The highest BCUT2D eigenvalue weighted by Crippen LogP contribution is 2.18. The van der Waals surface area contributed by atoms with E-state index in [1.54, 1.807) is 0 Å². The molecule has 1 N–H and O–H groups in total. The van der Waals surface area contributed by atoms with Gasteiger partial charge in [0.25, 0.3) is 6.43 Å². The van der Waals surface area contributed by atoms with Crippen LogP contribution in [-0.2, 0) is 17.6 Å². The summed E-state index contributed by atoms with van der Waals surface area (Å²) in [6.45, 7) is 0.706. The highest BCUT2D eigenvalue weighted by molar-refractivity contribution is 7.11. The van der Waals surface area contributed by atoms with Crippen LogP contribution in [0.1, 0.15) is 22.9 Å². The predicted octanol–water partition coefficient (Wildman–Crippen LogP) is 1.66. The summed E-state index contributed by atoms with van der Waals surface area (Å²) in [6.07, 6.45) is 1.60. The molecule has 7 heteroatoms. The Kier molecular flexibility index (Phi) is 5.40. The molecule has 0 amide bonds. The maximum Gasteiger partial charge on any atom is 0.261 e. The minimum atomic E-state index is -2.40. The van der Waals surface area contributed by atoms with Crippen molar-refractivity contribution in [1.29, 1.82) is 0 Å². The van der Waals surface area contributed by atoms with Crippen molar-refractivity contribution in [3.05, 3.63) is 10.0 Å². The van der Waals surface area contributed by atoms with Crippen molar-refractivity contribution in [2.24, 2.45) is 0 Å². The molecular formula is C11H17F2N3OS. The van der Waals surface area contributed by atoms with Crippen molar-refractivity contribution >= 4 is 11.3 Å². The van der Waals surface area contributed by atoms with Crippen LogP contribution >= 0.6 is 11.3 Å². The fourth-order valence-corrected chi connectivity index (χ4v) is 2.32. The third kappa shape index (κ3) is 5.32. The first-order valence-electron chi connectivity index (χ1n) is 6.14. The van der Waals surface area contributed by atoms with E-state index in [1.807, 2.05) is 0 Å². The van der Waals surface area contributed by atoms with Crippen LogP contribution in [0.25, 0.3) is 0 Å². The van der Waals surface area contributed by atoms with Crippen LogP contribution in [0.2, 0.25) is 0 Å². The quantitative estimate of drug-likeness (QED) is 0.697. The maximum atomic E-state index is 11.8. The molecule has 0 spiro atoms. The molecule has 1 saturated carbocycles. The van der Waals surface area contributed by atoms with Crippen LogP contribution in [-0.4, -0.2) is 42.4 Å². The first-order chi connectivity index (χ1) is 8.74. The Bertz CT molecular complexity index is 358. The molecule has 1 aromatic rings. The third-order valence-corrected chi connectivity index (χ3v) is 3.60. The van der Waals surface area contributed by atoms with E-state index >= 15 is 0 Å². The number of rotatable bonds is 9. The average molecular weight is 277 g/mol. The molecule has 1 aromatic heterocycles. The van der Waals surface area contributed by atoms with E-state index in [2.05, 4.69) is 15.5 Å². The second-order valence-corrected chi connectivity index (χ2v) is 5.43. The lowest BCUT2D eigenvalue weighted by atomic mass is 10.4. The summed E-state index contributed by atoms with van der Waals surface area (Å²) in [5.41, 5.74) is 0. The molecule has 0 aromatic carbocycles. The van der Waals surface area contributed by atoms with Gasteiger partial charge in [-0.05, 0) is 12.8 Å². The molecule has 0 aliphatic heterocycles. The number of hydrogen-bond donors (Lipinski definition) is 1. The Balaban J connectivity index is 1.59. The van der Waals surface area contributed by atoms with Gasteiger partial charge < -0.3 is 10.1 Å². The normalized spacial score (nSPS) is 15.5. The van der Waals surface area contributed by atoms with Crippen molar-refractivity contribution < 1.29 is 13.5 Å². The van der Waals surface area contributed by atoms with Crippen LogP contribution in [0.4, 0.5) is 8.78 Å². The Morgan fingerprint density at radius 2 is 2.00 bits per heavy atom. The lowest BCUT2D eigenvalue weighted by Gasteiger charge is -2.00. The summed E-state index contributed by atoms with van der Waals surface area (Å²) < 4.78 is 28.4. The van der Waals surface area contributed by atoms with Gasteiger partial charge in [-0.25, -0.2) is 8.78 Å². The minimum Gasteiger partial charge on any atom is -0.375 e. The van der Waals surface area contributed by atoms with Crippen molar-refractivity contribution in [2.45, 2.75) is 38.2 Å². The smallest absolute Gasteiger partial charge is 0.261 e. The second kappa shape index (κ2) is 7.06. The number of nitrogens with zero attached hydrogens (tertiary/aromatic N) is 2. The standard InChI is InChI=1S/C11H17F2N3OS/c12-9(13)7-17-6-4-11-16-15-10(18-11)3-5-14-8-1-2-8/h8-9,14H,1-7H2. The van der Waals surface area contributed by atoms with Crippen LogP contribution < -0.4 is 5.32 Å². The predicted molar refractivity (Wildman–Crippen MR) is 65.2 cm³/mol. The van der Waals surface area contributed by atoms with E-state index < -0.39 is 13.0 Å². The summed E-state index contributed by atoms with van der Waals surface area (Å²) in [6, 6.07) is 0.708. The van der Waals surface area contributed by atoms with Gasteiger partial charge in [-0.2, -0.15) is 0 Å². The minimum absolute atomic E-state index is 0.277. The Morgan fingerprint density at radius 1 is 1.28 bits per heavy atom. The number of ether oxygens (including phenoxy) is 1. The Morgan fingerprint density at radius 3 is 2.67 bits per heavy atom. The fraction of sp³-hybridized carbons (Fsp3) is 0.818. The molecule has 1 aliphatic carbocycles. The molecule has 0 unspecified atom stereocenters. The van der Waals surface area contributed by atoms with E-state index in [-0.39, 0.29) is 6.61 Å². The molecule has 4 nitrogen and oxygen atoms in total. The zero-order chi connectivity index (χ0) is 12.8. The van der Waals surface area contributed by atoms with Crippen molar-refractivity contribution in [1.82, 2.24) is 15.5 Å². The Hall–Kier alpha value is -0.660. The van der Waals surface area contributed by atoms with Crippen molar-refractivity contribution in [3.8, 4) is 0 Å². The van der Waals surface area contributed by atoms with Crippen molar-refractivity contribution in [3.63, 3.8) is 0 Å². The van der Waals surface area contributed by atoms with Crippen molar-refractivity contribution in [2.75, 3.05) is 19.8 Å². The number of nitrogens with one attached hydrogen (secondary N) is 1.